The van der Waals surface area contributed by atoms with Gasteiger partial charge in [-0.05, 0) is 24.6 Å². The van der Waals surface area contributed by atoms with Gasteiger partial charge >= 0.3 is 6.03 Å². The maximum atomic E-state index is 12.9. The first-order valence-electron chi connectivity index (χ1n) is 10.1. The van der Waals surface area contributed by atoms with Crippen LogP contribution < -0.4 is 14.8 Å². The Hall–Kier alpha value is -1.99. The Morgan fingerprint density at radius 3 is 2.79 bits per heavy atom. The van der Waals surface area contributed by atoms with Gasteiger partial charge in [-0.25, -0.2) is 4.79 Å². The highest BCUT2D eigenvalue weighted by Gasteiger charge is 2.42. The Bertz CT molecular complexity index is 730. The Morgan fingerprint density at radius 2 is 2.00 bits per heavy atom. The third-order valence-corrected chi connectivity index (χ3v) is 5.93. The number of fused-ring (bicyclic) bond motifs is 1. The van der Waals surface area contributed by atoms with E-state index in [4.69, 9.17) is 18.9 Å². The van der Waals surface area contributed by atoms with Gasteiger partial charge < -0.3 is 29.2 Å². The zero-order chi connectivity index (χ0) is 19.8. The second-order valence-corrected chi connectivity index (χ2v) is 8.72. The summed E-state index contributed by atoms with van der Waals surface area (Å²) in [6.45, 7) is 9.69. The quantitative estimate of drug-likeness (QED) is 0.859. The molecule has 2 fully saturated rings. The van der Waals surface area contributed by atoms with Crippen molar-refractivity contribution in [1.29, 1.82) is 0 Å². The molecular weight excluding hydrogens is 360 g/mol. The van der Waals surface area contributed by atoms with Crippen molar-refractivity contribution < 1.29 is 23.7 Å². The second kappa shape index (κ2) is 7.44. The lowest BCUT2D eigenvalue weighted by Gasteiger charge is -2.47. The molecule has 1 aromatic carbocycles. The number of carbonyl (C=O) groups is 1. The molecule has 0 saturated carbocycles. The van der Waals surface area contributed by atoms with Gasteiger partial charge in [0.1, 0.15) is 0 Å². The van der Waals surface area contributed by atoms with Crippen molar-refractivity contribution in [1.82, 2.24) is 10.2 Å². The van der Waals surface area contributed by atoms with Crippen LogP contribution in [0.4, 0.5) is 4.79 Å². The van der Waals surface area contributed by atoms with E-state index in [1.165, 1.54) is 0 Å². The van der Waals surface area contributed by atoms with E-state index in [9.17, 15) is 4.79 Å². The SMILES string of the molecule is CC1CN(C(=O)NCC(C)(C)c2ccc3c(c2)OCO3)CC2(CCOCC2)O1. The minimum Gasteiger partial charge on any atom is -0.454 e. The van der Waals surface area contributed by atoms with E-state index in [1.54, 1.807) is 0 Å². The van der Waals surface area contributed by atoms with Crippen LogP contribution in [-0.4, -0.2) is 62.3 Å². The first kappa shape index (κ1) is 19.3. The number of nitrogens with zero attached hydrogens (tertiary/aromatic N) is 1. The smallest absolute Gasteiger partial charge is 0.317 e. The maximum absolute atomic E-state index is 12.9. The number of rotatable bonds is 3. The van der Waals surface area contributed by atoms with Gasteiger partial charge in [-0.3, -0.25) is 0 Å². The summed E-state index contributed by atoms with van der Waals surface area (Å²) in [5, 5.41) is 3.13. The number of carbonyl (C=O) groups excluding carboxylic acids is 1. The van der Waals surface area contributed by atoms with E-state index in [0.29, 0.717) is 32.8 Å². The molecule has 0 aliphatic carbocycles. The van der Waals surface area contributed by atoms with Crippen LogP contribution >= 0.6 is 0 Å². The van der Waals surface area contributed by atoms with Crippen LogP contribution in [0.1, 0.15) is 39.2 Å². The Labute approximate surface area is 166 Å². The number of hydrogen-bond acceptors (Lipinski definition) is 5. The van der Waals surface area contributed by atoms with Gasteiger partial charge in [0.15, 0.2) is 11.5 Å². The topological polar surface area (TPSA) is 69.3 Å². The van der Waals surface area contributed by atoms with Gasteiger partial charge in [-0.15, -0.1) is 0 Å². The highest BCUT2D eigenvalue weighted by molar-refractivity contribution is 5.74. The lowest BCUT2D eigenvalue weighted by atomic mass is 9.84. The standard InChI is InChI=1S/C21H30N2O5/c1-15-11-23(13-21(28-15)6-8-25-9-7-21)19(24)22-12-20(2,3)16-4-5-17-18(10-16)27-14-26-17/h4-5,10,15H,6-9,11-14H2,1-3H3,(H,22,24). The minimum atomic E-state index is -0.264. The summed E-state index contributed by atoms with van der Waals surface area (Å²) in [5.41, 5.74) is 0.610. The molecule has 1 N–H and O–H groups in total. The highest BCUT2D eigenvalue weighted by atomic mass is 16.7. The molecule has 7 nitrogen and oxygen atoms in total. The lowest BCUT2D eigenvalue weighted by Crippen LogP contribution is -2.60. The lowest BCUT2D eigenvalue weighted by molar-refractivity contribution is -0.175. The molecule has 1 aromatic rings. The predicted molar refractivity (Wildman–Crippen MR) is 104 cm³/mol. The summed E-state index contributed by atoms with van der Waals surface area (Å²) in [5.74, 6) is 1.54. The second-order valence-electron chi connectivity index (χ2n) is 8.72. The van der Waals surface area contributed by atoms with Crippen molar-refractivity contribution in [2.45, 2.75) is 50.7 Å². The van der Waals surface area contributed by atoms with Gasteiger partial charge in [-0.2, -0.15) is 0 Å². The summed E-state index contributed by atoms with van der Waals surface area (Å²) in [4.78, 5) is 14.8. The number of morpholine rings is 1. The zero-order valence-electron chi connectivity index (χ0n) is 17.0. The minimum absolute atomic E-state index is 0.0273. The number of ether oxygens (including phenoxy) is 4. The molecule has 3 aliphatic rings. The largest absolute Gasteiger partial charge is 0.454 e. The molecule has 3 heterocycles. The number of urea groups is 1. The Morgan fingerprint density at radius 1 is 1.25 bits per heavy atom. The predicted octanol–water partition coefficient (Wildman–Crippen LogP) is 2.67. The molecule has 1 atom stereocenters. The third kappa shape index (κ3) is 3.91. The number of amides is 2. The average Bonchev–Trinajstić information content (AvgIpc) is 3.14. The Kier molecular flexibility index (Phi) is 5.14. The van der Waals surface area contributed by atoms with E-state index in [-0.39, 0.29) is 29.9 Å². The van der Waals surface area contributed by atoms with Crippen LogP contribution in [-0.2, 0) is 14.9 Å². The summed E-state index contributed by atoms with van der Waals surface area (Å²) in [6, 6.07) is 5.94. The number of nitrogens with one attached hydrogen (secondary N) is 1. The van der Waals surface area contributed by atoms with E-state index < -0.39 is 0 Å². The van der Waals surface area contributed by atoms with Crippen molar-refractivity contribution in [2.24, 2.45) is 0 Å². The van der Waals surface area contributed by atoms with Gasteiger partial charge in [0, 0.05) is 44.6 Å². The van der Waals surface area contributed by atoms with Gasteiger partial charge in [-0.1, -0.05) is 19.9 Å². The number of benzene rings is 1. The number of hydrogen-bond donors (Lipinski definition) is 1. The molecule has 28 heavy (non-hydrogen) atoms. The van der Waals surface area contributed by atoms with Crippen molar-refractivity contribution in [3.8, 4) is 11.5 Å². The molecule has 1 spiro atoms. The fourth-order valence-corrected chi connectivity index (χ4v) is 4.23. The van der Waals surface area contributed by atoms with E-state index in [1.807, 2.05) is 30.0 Å². The molecule has 154 valence electrons. The van der Waals surface area contributed by atoms with Gasteiger partial charge in [0.2, 0.25) is 6.79 Å². The molecule has 2 amide bonds. The van der Waals surface area contributed by atoms with Crippen LogP contribution in [0.25, 0.3) is 0 Å². The van der Waals surface area contributed by atoms with Crippen molar-refractivity contribution in [3.05, 3.63) is 23.8 Å². The van der Waals surface area contributed by atoms with Crippen molar-refractivity contribution in [2.75, 3.05) is 39.6 Å². The van der Waals surface area contributed by atoms with Crippen LogP contribution in [0.15, 0.2) is 18.2 Å². The molecule has 4 rings (SSSR count). The van der Waals surface area contributed by atoms with Crippen LogP contribution in [0, 0.1) is 0 Å². The fourth-order valence-electron chi connectivity index (χ4n) is 4.23. The molecular formula is C21H30N2O5. The Balaban J connectivity index is 1.39. The van der Waals surface area contributed by atoms with E-state index in [0.717, 1.165) is 29.9 Å². The molecule has 2 saturated heterocycles. The van der Waals surface area contributed by atoms with E-state index in [2.05, 4.69) is 19.2 Å². The normalized spacial score (nSPS) is 23.7. The highest BCUT2D eigenvalue weighted by Crippen LogP contribution is 2.36. The molecule has 7 heteroatoms. The first-order valence-corrected chi connectivity index (χ1v) is 10.1. The maximum Gasteiger partial charge on any atom is 0.317 e. The summed E-state index contributed by atoms with van der Waals surface area (Å²) >= 11 is 0. The molecule has 0 aromatic heterocycles. The van der Waals surface area contributed by atoms with Crippen LogP contribution in [0.3, 0.4) is 0 Å². The van der Waals surface area contributed by atoms with Crippen LogP contribution in [0.5, 0.6) is 11.5 Å². The first-order chi connectivity index (χ1) is 13.4. The molecule has 1 unspecified atom stereocenters. The fraction of sp³-hybridized carbons (Fsp3) is 0.667. The van der Waals surface area contributed by atoms with Crippen molar-refractivity contribution >= 4 is 6.03 Å². The average molecular weight is 390 g/mol. The third-order valence-electron chi connectivity index (χ3n) is 5.93. The molecule has 0 bridgehead atoms. The van der Waals surface area contributed by atoms with Crippen molar-refractivity contribution in [3.63, 3.8) is 0 Å². The van der Waals surface area contributed by atoms with Crippen LogP contribution in [0.2, 0.25) is 0 Å². The van der Waals surface area contributed by atoms with Gasteiger partial charge in [0.25, 0.3) is 0 Å². The molecule has 0 radical (unpaired) electrons. The summed E-state index contributed by atoms with van der Waals surface area (Å²) < 4.78 is 22.6. The monoisotopic (exact) mass is 390 g/mol. The van der Waals surface area contributed by atoms with Gasteiger partial charge in [0.05, 0.1) is 18.2 Å². The summed E-state index contributed by atoms with van der Waals surface area (Å²) in [6.07, 6.45) is 1.70. The van der Waals surface area contributed by atoms with E-state index >= 15 is 0 Å². The summed E-state index contributed by atoms with van der Waals surface area (Å²) in [7, 11) is 0. The zero-order valence-corrected chi connectivity index (χ0v) is 17.0. The molecule has 3 aliphatic heterocycles.